The molecule has 1 aliphatic heterocycles. The predicted octanol–water partition coefficient (Wildman–Crippen LogP) is 2.99. The summed E-state index contributed by atoms with van der Waals surface area (Å²) in [5.74, 6) is 0.711. The van der Waals surface area contributed by atoms with Gasteiger partial charge >= 0.3 is 6.03 Å². The van der Waals surface area contributed by atoms with Gasteiger partial charge in [-0.2, -0.15) is 0 Å². The number of carbonyl (C=O) groups excluding carboxylic acids is 2. The second kappa shape index (κ2) is 8.58. The molecule has 0 aromatic heterocycles. The van der Waals surface area contributed by atoms with Crippen LogP contribution < -0.4 is 9.64 Å². The molecule has 0 radical (unpaired) electrons. The van der Waals surface area contributed by atoms with Gasteiger partial charge in [0.05, 0.1) is 6.61 Å². The Morgan fingerprint density at radius 1 is 1.07 bits per heavy atom. The first-order chi connectivity index (χ1) is 13.1. The number of rotatable bonds is 7. The van der Waals surface area contributed by atoms with E-state index >= 15 is 0 Å². The zero-order valence-corrected chi connectivity index (χ0v) is 15.8. The predicted molar refractivity (Wildman–Crippen MR) is 105 cm³/mol. The highest BCUT2D eigenvalue weighted by atomic mass is 16.5. The van der Waals surface area contributed by atoms with E-state index in [4.69, 9.17) is 4.74 Å². The minimum atomic E-state index is -0.138. The molecule has 27 heavy (non-hydrogen) atoms. The molecule has 0 N–H and O–H groups in total. The molecule has 1 aliphatic rings. The highest BCUT2D eigenvalue weighted by molar-refractivity contribution is 5.96. The van der Waals surface area contributed by atoms with E-state index in [1.807, 2.05) is 61.5 Å². The van der Waals surface area contributed by atoms with Crippen molar-refractivity contribution >= 4 is 17.6 Å². The van der Waals surface area contributed by atoms with Gasteiger partial charge in [0, 0.05) is 32.4 Å². The average Bonchev–Trinajstić information content (AvgIpc) is 3.04. The highest BCUT2D eigenvalue weighted by Crippen LogP contribution is 2.23. The summed E-state index contributed by atoms with van der Waals surface area (Å²) in [5.41, 5.74) is 1.88. The maximum Gasteiger partial charge on any atom is 0.325 e. The van der Waals surface area contributed by atoms with E-state index in [0.717, 1.165) is 17.0 Å². The van der Waals surface area contributed by atoms with Crippen LogP contribution in [0.3, 0.4) is 0 Å². The van der Waals surface area contributed by atoms with Gasteiger partial charge in [-0.25, -0.2) is 4.79 Å². The minimum absolute atomic E-state index is 0.0688. The van der Waals surface area contributed by atoms with Crippen LogP contribution in [0.25, 0.3) is 0 Å². The Morgan fingerprint density at radius 2 is 1.78 bits per heavy atom. The maximum absolute atomic E-state index is 12.7. The lowest BCUT2D eigenvalue weighted by molar-refractivity contribution is -0.130. The van der Waals surface area contributed by atoms with Gasteiger partial charge in [0.25, 0.3) is 0 Å². The highest BCUT2D eigenvalue weighted by Gasteiger charge is 2.31. The van der Waals surface area contributed by atoms with Crippen LogP contribution in [-0.4, -0.2) is 55.0 Å². The number of carbonyl (C=O) groups is 2. The van der Waals surface area contributed by atoms with Gasteiger partial charge in [-0.1, -0.05) is 30.3 Å². The van der Waals surface area contributed by atoms with Crippen LogP contribution in [-0.2, 0) is 11.3 Å². The lowest BCUT2D eigenvalue weighted by Crippen LogP contribution is -2.40. The minimum Gasteiger partial charge on any atom is -0.494 e. The Kier molecular flexibility index (Phi) is 5.96. The zero-order valence-electron chi connectivity index (χ0n) is 15.8. The first-order valence-corrected chi connectivity index (χ1v) is 9.15. The number of anilines is 1. The van der Waals surface area contributed by atoms with Gasteiger partial charge in [-0.3, -0.25) is 9.69 Å². The monoisotopic (exact) mass is 367 g/mol. The fraction of sp³-hybridized carbons (Fsp3) is 0.333. The molecule has 1 heterocycles. The summed E-state index contributed by atoms with van der Waals surface area (Å²) in [7, 11) is 1.76. The topological polar surface area (TPSA) is 53.1 Å². The van der Waals surface area contributed by atoms with Crippen molar-refractivity contribution in [2.24, 2.45) is 0 Å². The van der Waals surface area contributed by atoms with Crippen molar-refractivity contribution in [2.75, 3.05) is 38.2 Å². The molecule has 0 saturated carbocycles. The van der Waals surface area contributed by atoms with Gasteiger partial charge in [-0.05, 0) is 36.8 Å². The van der Waals surface area contributed by atoms with Gasteiger partial charge in [0.1, 0.15) is 12.3 Å². The fourth-order valence-corrected chi connectivity index (χ4v) is 3.09. The van der Waals surface area contributed by atoms with Crippen molar-refractivity contribution in [3.8, 4) is 5.75 Å². The van der Waals surface area contributed by atoms with E-state index in [2.05, 4.69) is 0 Å². The van der Waals surface area contributed by atoms with Crippen molar-refractivity contribution in [1.82, 2.24) is 9.80 Å². The van der Waals surface area contributed by atoms with Crippen molar-refractivity contribution < 1.29 is 14.3 Å². The number of ether oxygens (including phenoxy) is 1. The molecule has 3 amide bonds. The van der Waals surface area contributed by atoms with Crippen molar-refractivity contribution in [1.29, 1.82) is 0 Å². The number of hydrogen-bond donors (Lipinski definition) is 0. The Balaban J connectivity index is 1.57. The Bertz CT molecular complexity index is 777. The van der Waals surface area contributed by atoms with Crippen LogP contribution in [0.1, 0.15) is 12.5 Å². The van der Waals surface area contributed by atoms with Crippen LogP contribution in [0.2, 0.25) is 0 Å². The molecule has 0 bridgehead atoms. The van der Waals surface area contributed by atoms with Crippen LogP contribution in [0.15, 0.2) is 54.6 Å². The summed E-state index contributed by atoms with van der Waals surface area (Å²) in [6, 6.07) is 17.1. The van der Waals surface area contributed by atoms with Crippen molar-refractivity contribution in [3.05, 3.63) is 60.2 Å². The molecule has 0 spiro atoms. The van der Waals surface area contributed by atoms with Gasteiger partial charge in [0.15, 0.2) is 0 Å². The van der Waals surface area contributed by atoms with E-state index in [1.54, 1.807) is 21.7 Å². The Morgan fingerprint density at radius 3 is 2.44 bits per heavy atom. The van der Waals surface area contributed by atoms with Crippen molar-refractivity contribution in [2.45, 2.75) is 13.5 Å². The molecule has 2 aromatic rings. The number of benzene rings is 2. The average molecular weight is 367 g/mol. The molecule has 3 rings (SSSR count). The fourth-order valence-electron chi connectivity index (χ4n) is 3.09. The Labute approximate surface area is 159 Å². The van der Waals surface area contributed by atoms with E-state index < -0.39 is 0 Å². The molecule has 0 atom stereocenters. The third-order valence-corrected chi connectivity index (χ3v) is 4.57. The summed E-state index contributed by atoms with van der Waals surface area (Å²) in [5, 5.41) is 0. The summed E-state index contributed by atoms with van der Waals surface area (Å²) < 4.78 is 5.44. The number of likely N-dealkylation sites (N-methyl/N-ethyl adjacent to an activating group) is 1. The molecule has 6 nitrogen and oxygen atoms in total. The van der Waals surface area contributed by atoms with Crippen LogP contribution in [0, 0.1) is 0 Å². The van der Waals surface area contributed by atoms with Crippen LogP contribution >= 0.6 is 0 Å². The summed E-state index contributed by atoms with van der Waals surface area (Å²) >= 11 is 0. The lowest BCUT2D eigenvalue weighted by Gasteiger charge is -2.22. The molecule has 0 aliphatic carbocycles. The zero-order chi connectivity index (χ0) is 19.2. The molecule has 2 aromatic carbocycles. The van der Waals surface area contributed by atoms with E-state index in [-0.39, 0.29) is 18.5 Å². The lowest BCUT2D eigenvalue weighted by atomic mass is 10.2. The summed E-state index contributed by atoms with van der Waals surface area (Å²) in [6.07, 6.45) is 0. The first kappa shape index (κ1) is 18.8. The smallest absolute Gasteiger partial charge is 0.325 e. The molecular formula is C21H25N3O3. The molecule has 1 saturated heterocycles. The molecule has 0 unspecified atom stereocenters. The third kappa shape index (κ3) is 4.58. The van der Waals surface area contributed by atoms with Gasteiger partial charge in [0.2, 0.25) is 5.91 Å². The number of hydrogen-bond acceptors (Lipinski definition) is 3. The SMILES string of the molecule is CCOc1ccc(N2CCN(CC(=O)N(C)Cc3ccccc3)C2=O)cc1. The van der Waals surface area contributed by atoms with E-state index in [9.17, 15) is 9.59 Å². The summed E-state index contributed by atoms with van der Waals surface area (Å²) in [6.45, 7) is 4.27. The number of amides is 3. The molecule has 142 valence electrons. The van der Waals surface area contributed by atoms with Crippen molar-refractivity contribution in [3.63, 3.8) is 0 Å². The molecule has 6 heteroatoms. The first-order valence-electron chi connectivity index (χ1n) is 9.15. The quantitative estimate of drug-likeness (QED) is 0.756. The van der Waals surface area contributed by atoms with Gasteiger partial charge in [-0.15, -0.1) is 0 Å². The Hall–Kier alpha value is -3.02. The van der Waals surface area contributed by atoms with E-state index in [1.165, 1.54) is 0 Å². The second-order valence-electron chi connectivity index (χ2n) is 6.52. The van der Waals surface area contributed by atoms with Crippen LogP contribution in [0.5, 0.6) is 5.75 Å². The van der Waals surface area contributed by atoms with Gasteiger partial charge < -0.3 is 14.5 Å². The molecular weight excluding hydrogens is 342 g/mol. The van der Waals surface area contributed by atoms with Crippen LogP contribution in [0.4, 0.5) is 10.5 Å². The second-order valence-corrected chi connectivity index (χ2v) is 6.52. The number of nitrogens with zero attached hydrogens (tertiary/aromatic N) is 3. The maximum atomic E-state index is 12.7. The largest absolute Gasteiger partial charge is 0.494 e. The standard InChI is InChI=1S/C21H25N3O3/c1-3-27-19-11-9-18(10-12-19)24-14-13-23(21(24)26)16-20(25)22(2)15-17-7-5-4-6-8-17/h4-12H,3,13-16H2,1-2H3. The number of urea groups is 1. The third-order valence-electron chi connectivity index (χ3n) is 4.57. The van der Waals surface area contributed by atoms with E-state index in [0.29, 0.717) is 26.2 Å². The summed E-state index contributed by atoms with van der Waals surface area (Å²) in [4.78, 5) is 30.1. The molecule has 1 fully saturated rings. The normalized spacial score (nSPS) is 13.8.